The van der Waals surface area contributed by atoms with Crippen LogP contribution < -0.4 is 10.2 Å². The summed E-state index contributed by atoms with van der Waals surface area (Å²) >= 11 is 0. The summed E-state index contributed by atoms with van der Waals surface area (Å²) in [6, 6.07) is 25.8. The number of benzene rings is 4. The van der Waals surface area contributed by atoms with E-state index < -0.39 is 10.1 Å². The zero-order chi connectivity index (χ0) is 41.3. The van der Waals surface area contributed by atoms with E-state index in [0.717, 1.165) is 37.2 Å². The van der Waals surface area contributed by atoms with Crippen LogP contribution in [0.5, 0.6) is 0 Å². The lowest BCUT2D eigenvalue weighted by Crippen LogP contribution is -2.28. The summed E-state index contributed by atoms with van der Waals surface area (Å²) in [5, 5.41) is 7.66. The molecule has 0 aromatic heterocycles. The zero-order valence-electron chi connectivity index (χ0n) is 34.2. The monoisotopic (exact) mass is 793 g/mol. The van der Waals surface area contributed by atoms with E-state index in [-0.39, 0.29) is 29.0 Å². The van der Waals surface area contributed by atoms with Gasteiger partial charge in [-0.15, -0.1) is 6.42 Å². The molecule has 0 saturated carbocycles. The van der Waals surface area contributed by atoms with Gasteiger partial charge in [-0.3, -0.25) is 4.79 Å². The molecule has 1 N–H and O–H groups in total. The van der Waals surface area contributed by atoms with Crippen molar-refractivity contribution in [1.82, 2.24) is 5.32 Å². The second-order valence-corrected chi connectivity index (χ2v) is 17.6. The minimum absolute atomic E-state index is 0.00649. The lowest BCUT2D eigenvalue weighted by Gasteiger charge is -2.27. The highest BCUT2D eigenvalue weighted by Crippen LogP contribution is 2.51. The molecule has 0 bridgehead atoms. The van der Waals surface area contributed by atoms with E-state index in [1.54, 1.807) is 0 Å². The van der Waals surface area contributed by atoms with Crippen LogP contribution in [0.4, 0.5) is 11.4 Å². The van der Waals surface area contributed by atoms with E-state index in [1.165, 1.54) is 44.1 Å². The molecule has 0 atom stereocenters. The smallest absolute Gasteiger partial charge is 0.220 e. The maximum absolute atomic E-state index is 12.0. The molecule has 4 aromatic rings. The number of fused-ring (bicyclic) bond motifs is 6. The Labute approximate surface area is 345 Å². The van der Waals surface area contributed by atoms with Crippen LogP contribution in [0.1, 0.15) is 77.3 Å². The Bertz CT molecular complexity index is 2510. The molecule has 8 heteroatoms. The Morgan fingerprint density at radius 3 is 2.10 bits per heavy atom. The Morgan fingerprint density at radius 2 is 1.41 bits per heavy atom. The number of rotatable bonds is 17. The number of hydrogen-bond acceptors (Lipinski definition) is 5. The van der Waals surface area contributed by atoms with Crippen LogP contribution in [0.15, 0.2) is 133 Å². The van der Waals surface area contributed by atoms with Gasteiger partial charge in [-0.25, -0.2) is 8.42 Å². The fourth-order valence-corrected chi connectivity index (χ4v) is 9.24. The van der Waals surface area contributed by atoms with Crippen LogP contribution in [0, 0.1) is 12.3 Å². The van der Waals surface area contributed by atoms with Crippen molar-refractivity contribution in [1.29, 1.82) is 0 Å². The number of anilines is 1. The fourth-order valence-electron chi connectivity index (χ4n) is 8.69. The standard InChI is InChI=1S/C50H55N3O4S/c1-6-34-51-46(54)29-15-12-20-35-52-42-32-30-38-23-16-18-25-40(38)47(42)49(2,3)44(52)27-13-10-8-7-9-11-14-28-45-50(4,5)48-41-26-19-17-24-39(41)31-33-43(48)53(45)36-21-22-37-58(55,56)57/h1,7-11,13-14,16-19,23-28,30-33H,12,15,20-22,29,34-37H2,2-5H3,(H-,51,54,55,56,57). The van der Waals surface area contributed by atoms with Crippen molar-refractivity contribution in [3.63, 3.8) is 0 Å². The fraction of sp³-hybridized carbons (Fsp3) is 0.320. The lowest BCUT2D eigenvalue weighted by atomic mass is 9.79. The molecule has 2 heterocycles. The normalized spacial score (nSPS) is 16.8. The summed E-state index contributed by atoms with van der Waals surface area (Å²) in [7, 11) is -4.24. The van der Waals surface area contributed by atoms with Crippen molar-refractivity contribution in [3.05, 3.63) is 144 Å². The Kier molecular flexibility index (Phi) is 13.4. The van der Waals surface area contributed by atoms with Gasteiger partial charge < -0.3 is 14.8 Å². The first-order valence-electron chi connectivity index (χ1n) is 20.3. The molecule has 0 saturated heterocycles. The lowest BCUT2D eigenvalue weighted by molar-refractivity contribution is -0.438. The highest BCUT2D eigenvalue weighted by atomic mass is 32.2. The Balaban J connectivity index is 1.16. The van der Waals surface area contributed by atoms with Crippen LogP contribution in [-0.4, -0.2) is 54.6 Å². The van der Waals surface area contributed by atoms with E-state index >= 15 is 0 Å². The second kappa shape index (κ2) is 18.4. The van der Waals surface area contributed by atoms with Crippen LogP contribution in [0.25, 0.3) is 21.5 Å². The van der Waals surface area contributed by atoms with E-state index in [2.05, 4.69) is 152 Å². The number of terminal acetylenes is 1. The molecular formula is C50H55N3O4S. The Hall–Kier alpha value is -5.49. The van der Waals surface area contributed by atoms with Gasteiger partial charge in [0.25, 0.3) is 0 Å². The van der Waals surface area contributed by atoms with Crippen molar-refractivity contribution in [2.45, 2.75) is 77.0 Å². The SMILES string of the molecule is C#CCNC(=O)CCCCC[N+]1=C(/C=C/C=C/C=C/C=C/C=C2/N(CCCCS(=O)(=O)[O-])c3ccc4ccccc4c3C2(C)C)C(C)(C)c2c1ccc1ccccc21. The molecule has 0 radical (unpaired) electrons. The maximum atomic E-state index is 12.0. The number of carbonyl (C=O) groups is 1. The first-order chi connectivity index (χ1) is 27.8. The van der Waals surface area contributed by atoms with Crippen LogP contribution in [0.2, 0.25) is 0 Å². The third kappa shape index (κ3) is 9.44. The summed E-state index contributed by atoms with van der Waals surface area (Å²) in [6.45, 7) is 10.8. The average molecular weight is 794 g/mol. The number of amides is 1. The van der Waals surface area contributed by atoms with Crippen molar-refractivity contribution in [2.75, 3.05) is 30.3 Å². The molecule has 7 nitrogen and oxygen atoms in total. The number of nitrogens with zero attached hydrogens (tertiary/aromatic N) is 2. The first kappa shape index (κ1) is 42.1. The number of hydrogen-bond donors (Lipinski definition) is 1. The summed E-state index contributed by atoms with van der Waals surface area (Å²) in [6.07, 6.45) is 28.1. The highest BCUT2D eigenvalue weighted by molar-refractivity contribution is 7.85. The van der Waals surface area contributed by atoms with Crippen LogP contribution in [-0.2, 0) is 25.7 Å². The summed E-state index contributed by atoms with van der Waals surface area (Å²) in [5.41, 5.74) is 6.86. The van der Waals surface area contributed by atoms with E-state index in [4.69, 9.17) is 6.42 Å². The third-order valence-corrected chi connectivity index (χ3v) is 12.2. The zero-order valence-corrected chi connectivity index (χ0v) is 35.0. The van der Waals surface area contributed by atoms with E-state index in [9.17, 15) is 17.8 Å². The average Bonchev–Trinajstić information content (AvgIpc) is 3.55. The minimum atomic E-state index is -4.24. The van der Waals surface area contributed by atoms with Crippen LogP contribution in [0.3, 0.4) is 0 Å². The van der Waals surface area contributed by atoms with Gasteiger partial charge in [0.15, 0.2) is 5.71 Å². The van der Waals surface area contributed by atoms with E-state index in [1.807, 2.05) is 24.3 Å². The predicted molar refractivity (Wildman–Crippen MR) is 240 cm³/mol. The summed E-state index contributed by atoms with van der Waals surface area (Å²) in [4.78, 5) is 14.3. The van der Waals surface area contributed by atoms with Gasteiger partial charge in [0.1, 0.15) is 6.54 Å². The van der Waals surface area contributed by atoms with Gasteiger partial charge >= 0.3 is 0 Å². The van der Waals surface area contributed by atoms with Crippen molar-refractivity contribution in [2.24, 2.45) is 0 Å². The molecule has 0 fully saturated rings. The highest BCUT2D eigenvalue weighted by Gasteiger charge is 2.45. The molecule has 1 amide bonds. The largest absolute Gasteiger partial charge is 0.748 e. The van der Waals surface area contributed by atoms with Gasteiger partial charge in [-0.2, -0.15) is 4.58 Å². The first-order valence-corrected chi connectivity index (χ1v) is 21.9. The van der Waals surface area contributed by atoms with Crippen molar-refractivity contribution >= 4 is 54.7 Å². The summed E-state index contributed by atoms with van der Waals surface area (Å²) < 4.78 is 36.3. The molecule has 4 aromatic carbocycles. The molecule has 2 aliphatic heterocycles. The van der Waals surface area contributed by atoms with Gasteiger partial charge in [-0.1, -0.05) is 117 Å². The minimum Gasteiger partial charge on any atom is -0.748 e. The topological polar surface area (TPSA) is 92.6 Å². The van der Waals surface area contributed by atoms with Gasteiger partial charge in [0.2, 0.25) is 11.6 Å². The molecule has 0 aliphatic carbocycles. The number of allylic oxidation sites excluding steroid dienone is 10. The van der Waals surface area contributed by atoms with Crippen molar-refractivity contribution in [3.8, 4) is 12.3 Å². The molecule has 58 heavy (non-hydrogen) atoms. The number of carbonyl (C=O) groups excluding carboxylic acids is 1. The summed E-state index contributed by atoms with van der Waals surface area (Å²) in [5.74, 6) is 2.11. The second-order valence-electron chi connectivity index (χ2n) is 16.1. The predicted octanol–water partition coefficient (Wildman–Crippen LogP) is 9.91. The number of nitrogens with one attached hydrogen (secondary N) is 1. The Morgan fingerprint density at radius 1 is 0.776 bits per heavy atom. The van der Waals surface area contributed by atoms with Crippen molar-refractivity contribution < 1.29 is 22.3 Å². The third-order valence-electron chi connectivity index (χ3n) is 11.4. The number of unbranched alkanes of at least 4 members (excludes halogenated alkanes) is 3. The van der Waals surface area contributed by atoms with Gasteiger partial charge in [-0.05, 0) is 84.8 Å². The van der Waals surface area contributed by atoms with E-state index in [0.29, 0.717) is 25.8 Å². The van der Waals surface area contributed by atoms with Gasteiger partial charge in [0.05, 0.1) is 22.1 Å². The molecular weight excluding hydrogens is 739 g/mol. The van der Waals surface area contributed by atoms with Crippen LogP contribution >= 0.6 is 0 Å². The van der Waals surface area contributed by atoms with Gasteiger partial charge in [0, 0.05) is 59.6 Å². The maximum Gasteiger partial charge on any atom is 0.220 e. The molecule has 0 spiro atoms. The molecule has 300 valence electrons. The molecule has 6 rings (SSSR count). The molecule has 0 unspecified atom stereocenters. The quantitative estimate of drug-likeness (QED) is 0.0378. The molecule has 2 aliphatic rings.